The van der Waals surface area contributed by atoms with E-state index in [0.29, 0.717) is 0 Å². The predicted octanol–water partition coefficient (Wildman–Crippen LogP) is 3.40. The van der Waals surface area contributed by atoms with Crippen molar-refractivity contribution in [1.82, 2.24) is 14.5 Å². The minimum Gasteiger partial charge on any atom is -0.382 e. The lowest BCUT2D eigenvalue weighted by molar-refractivity contribution is 0.208. The summed E-state index contributed by atoms with van der Waals surface area (Å²) in [5.41, 5.74) is 3.61. The van der Waals surface area contributed by atoms with E-state index in [-0.39, 0.29) is 6.04 Å². The van der Waals surface area contributed by atoms with Crippen molar-refractivity contribution in [3.8, 4) is 0 Å². The summed E-state index contributed by atoms with van der Waals surface area (Å²) >= 11 is 0. The lowest BCUT2D eigenvalue weighted by Gasteiger charge is -2.17. The monoisotopic (exact) mass is 281 g/mol. The van der Waals surface area contributed by atoms with Crippen molar-refractivity contribution < 1.29 is 5.11 Å². The average Bonchev–Trinajstić information content (AvgIpc) is 2.95. The van der Waals surface area contributed by atoms with E-state index in [1.54, 1.807) is 12.5 Å². The molecule has 0 saturated carbocycles. The first kappa shape index (κ1) is 13.8. The highest BCUT2D eigenvalue weighted by Crippen LogP contribution is 2.26. The summed E-state index contributed by atoms with van der Waals surface area (Å²) in [4.78, 5) is 8.64. The molecule has 0 radical (unpaired) electrons. The molecule has 0 spiro atoms. The number of imidazole rings is 1. The molecule has 0 fully saturated rings. The topological polar surface area (TPSA) is 50.9 Å². The number of aliphatic hydroxyl groups excluding tert-OH is 1. The number of aryl methyl sites for hydroxylation is 1. The molecule has 0 aliphatic heterocycles. The second-order valence-corrected chi connectivity index (χ2v) is 5.63. The van der Waals surface area contributed by atoms with Gasteiger partial charge in [0.15, 0.2) is 0 Å². The van der Waals surface area contributed by atoms with E-state index in [1.165, 1.54) is 0 Å². The van der Waals surface area contributed by atoms with Crippen LogP contribution in [0.25, 0.3) is 10.9 Å². The zero-order valence-electron chi connectivity index (χ0n) is 12.5. The van der Waals surface area contributed by atoms with Gasteiger partial charge in [-0.2, -0.15) is 0 Å². The van der Waals surface area contributed by atoms with Gasteiger partial charge in [0.25, 0.3) is 0 Å². The Morgan fingerprint density at radius 2 is 1.95 bits per heavy atom. The fourth-order valence-electron chi connectivity index (χ4n) is 2.54. The first-order chi connectivity index (χ1) is 10.1. The summed E-state index contributed by atoms with van der Waals surface area (Å²) in [5.74, 6) is 0. The molecule has 1 unspecified atom stereocenters. The van der Waals surface area contributed by atoms with Crippen LogP contribution in [0.2, 0.25) is 0 Å². The Labute approximate surface area is 124 Å². The van der Waals surface area contributed by atoms with Crippen LogP contribution >= 0.6 is 0 Å². The average molecular weight is 281 g/mol. The third-order valence-corrected chi connectivity index (χ3v) is 3.70. The van der Waals surface area contributed by atoms with Crippen molar-refractivity contribution in [1.29, 1.82) is 0 Å². The van der Waals surface area contributed by atoms with Gasteiger partial charge in [0.1, 0.15) is 6.10 Å². The number of fused-ring (bicyclic) bond motifs is 1. The van der Waals surface area contributed by atoms with Gasteiger partial charge in [-0.15, -0.1) is 0 Å². The van der Waals surface area contributed by atoms with Crippen LogP contribution in [0, 0.1) is 6.92 Å². The molecule has 2 aromatic heterocycles. The molecule has 2 heterocycles. The Bertz CT molecular complexity index is 777. The van der Waals surface area contributed by atoms with Crippen molar-refractivity contribution in [2.45, 2.75) is 32.9 Å². The highest BCUT2D eigenvalue weighted by atomic mass is 16.3. The number of hydrogen-bond donors (Lipinski definition) is 1. The minimum absolute atomic E-state index is 0.266. The normalized spacial score (nSPS) is 13.0. The highest BCUT2D eigenvalue weighted by Gasteiger charge is 2.17. The zero-order chi connectivity index (χ0) is 15.0. The standard InChI is InChI=1S/C17H19N3O/c1-11(2)20-10-18-9-16(20)17(21)14-6-7-15-13(8-14)5-4-12(3)19-15/h4-11,17,21H,1-3H3. The molecule has 0 aliphatic rings. The van der Waals surface area contributed by atoms with E-state index in [9.17, 15) is 5.11 Å². The van der Waals surface area contributed by atoms with Crippen LogP contribution in [0.1, 0.15) is 42.9 Å². The molecule has 3 aromatic rings. The molecule has 1 N–H and O–H groups in total. The molecule has 4 heteroatoms. The predicted molar refractivity (Wildman–Crippen MR) is 83.2 cm³/mol. The van der Waals surface area contributed by atoms with Crippen molar-refractivity contribution in [2.75, 3.05) is 0 Å². The third-order valence-electron chi connectivity index (χ3n) is 3.70. The molecule has 0 aliphatic carbocycles. The molecule has 108 valence electrons. The maximum absolute atomic E-state index is 10.6. The summed E-state index contributed by atoms with van der Waals surface area (Å²) in [6, 6.07) is 10.2. The maximum Gasteiger partial charge on any atom is 0.121 e. The lowest BCUT2D eigenvalue weighted by Crippen LogP contribution is -2.10. The van der Waals surface area contributed by atoms with Gasteiger partial charge in [-0.25, -0.2) is 4.98 Å². The van der Waals surface area contributed by atoms with Gasteiger partial charge >= 0.3 is 0 Å². The molecular formula is C17H19N3O. The number of nitrogens with zero attached hydrogens (tertiary/aromatic N) is 3. The number of hydrogen-bond acceptors (Lipinski definition) is 3. The van der Waals surface area contributed by atoms with Crippen molar-refractivity contribution >= 4 is 10.9 Å². The first-order valence-electron chi connectivity index (χ1n) is 7.13. The van der Waals surface area contributed by atoms with Gasteiger partial charge in [-0.3, -0.25) is 4.98 Å². The highest BCUT2D eigenvalue weighted by molar-refractivity contribution is 5.79. The molecule has 1 atom stereocenters. The van der Waals surface area contributed by atoms with E-state index in [4.69, 9.17) is 0 Å². The van der Waals surface area contributed by atoms with Crippen LogP contribution < -0.4 is 0 Å². The van der Waals surface area contributed by atoms with Crippen LogP contribution in [0.15, 0.2) is 42.9 Å². The fraction of sp³-hybridized carbons (Fsp3) is 0.294. The lowest BCUT2D eigenvalue weighted by atomic mass is 10.0. The molecule has 0 bridgehead atoms. The van der Waals surface area contributed by atoms with Gasteiger partial charge in [-0.05, 0) is 44.5 Å². The van der Waals surface area contributed by atoms with Gasteiger partial charge in [0.05, 0.1) is 23.7 Å². The second kappa shape index (κ2) is 5.30. The summed E-state index contributed by atoms with van der Waals surface area (Å²) < 4.78 is 1.99. The molecule has 0 amide bonds. The smallest absolute Gasteiger partial charge is 0.121 e. The Kier molecular flexibility index (Phi) is 3.47. The zero-order valence-corrected chi connectivity index (χ0v) is 12.5. The molecule has 3 rings (SSSR count). The molecule has 4 nitrogen and oxygen atoms in total. The quantitative estimate of drug-likeness (QED) is 0.800. The SMILES string of the molecule is Cc1ccc2cc(C(O)c3cncn3C(C)C)ccc2n1. The second-order valence-electron chi connectivity index (χ2n) is 5.63. The van der Waals surface area contributed by atoms with Crippen molar-refractivity contribution in [3.05, 3.63) is 59.8 Å². The van der Waals surface area contributed by atoms with Gasteiger partial charge in [0.2, 0.25) is 0 Å². The van der Waals surface area contributed by atoms with Crippen LogP contribution in [-0.4, -0.2) is 19.6 Å². The van der Waals surface area contributed by atoms with Crippen molar-refractivity contribution in [2.24, 2.45) is 0 Å². The Morgan fingerprint density at radius 3 is 2.71 bits per heavy atom. The molecule has 0 saturated heterocycles. The first-order valence-corrected chi connectivity index (χ1v) is 7.13. The molecule has 21 heavy (non-hydrogen) atoms. The van der Waals surface area contributed by atoms with E-state index in [1.807, 2.05) is 41.8 Å². The van der Waals surface area contributed by atoms with Gasteiger partial charge < -0.3 is 9.67 Å². The maximum atomic E-state index is 10.6. The Morgan fingerprint density at radius 1 is 1.14 bits per heavy atom. The van der Waals surface area contributed by atoms with E-state index in [2.05, 4.69) is 23.8 Å². The van der Waals surface area contributed by atoms with Crippen LogP contribution in [-0.2, 0) is 0 Å². The minimum atomic E-state index is -0.680. The number of aliphatic hydroxyl groups is 1. The fourth-order valence-corrected chi connectivity index (χ4v) is 2.54. The van der Waals surface area contributed by atoms with E-state index >= 15 is 0 Å². The summed E-state index contributed by atoms with van der Waals surface area (Å²) in [6.07, 6.45) is 2.80. The Hall–Kier alpha value is -2.20. The summed E-state index contributed by atoms with van der Waals surface area (Å²) in [7, 11) is 0. The molecular weight excluding hydrogens is 262 g/mol. The molecule has 1 aromatic carbocycles. The van der Waals surface area contributed by atoms with E-state index < -0.39 is 6.10 Å². The van der Waals surface area contributed by atoms with Crippen molar-refractivity contribution in [3.63, 3.8) is 0 Å². The van der Waals surface area contributed by atoms with E-state index in [0.717, 1.165) is 27.9 Å². The van der Waals surface area contributed by atoms with Crippen LogP contribution in [0.4, 0.5) is 0 Å². The largest absolute Gasteiger partial charge is 0.382 e. The van der Waals surface area contributed by atoms with Crippen LogP contribution in [0.5, 0.6) is 0 Å². The number of pyridine rings is 1. The third kappa shape index (κ3) is 2.54. The van der Waals surface area contributed by atoms with Gasteiger partial charge in [0, 0.05) is 17.1 Å². The van der Waals surface area contributed by atoms with Crippen LogP contribution in [0.3, 0.4) is 0 Å². The number of benzene rings is 1. The summed E-state index contributed by atoms with van der Waals surface area (Å²) in [6.45, 7) is 6.12. The Balaban J connectivity index is 2.03. The summed E-state index contributed by atoms with van der Waals surface area (Å²) in [5, 5.41) is 11.7. The number of aromatic nitrogens is 3. The van der Waals surface area contributed by atoms with Gasteiger partial charge in [-0.1, -0.05) is 12.1 Å². The number of rotatable bonds is 3.